The van der Waals surface area contributed by atoms with Crippen molar-refractivity contribution in [3.8, 4) is 0 Å². The van der Waals surface area contributed by atoms with Gasteiger partial charge in [0.25, 0.3) is 0 Å². The summed E-state index contributed by atoms with van der Waals surface area (Å²) in [5.74, 6) is 0. The van der Waals surface area contributed by atoms with E-state index >= 15 is 0 Å². The third-order valence-electron chi connectivity index (χ3n) is 2.41. The maximum atomic E-state index is 4.07. The largest absolute Gasteiger partial charge is 0.264 e. The molecule has 1 heterocycles. The number of halogens is 1. The van der Waals surface area contributed by atoms with Crippen LogP contribution in [0.1, 0.15) is 31.2 Å². The quantitative estimate of drug-likeness (QED) is 0.725. The van der Waals surface area contributed by atoms with E-state index < -0.39 is 0 Å². The van der Waals surface area contributed by atoms with Gasteiger partial charge in [-0.3, -0.25) is 4.98 Å². The molecule has 68 valence electrons. The average molecular weight is 238 g/mol. The first kappa shape index (κ1) is 8.95. The molecule has 1 nitrogen and oxygen atoms in total. The summed E-state index contributed by atoms with van der Waals surface area (Å²) < 4.78 is 1.11. The fraction of sp³-hybridized carbons (Fsp3) is 0.364. The van der Waals surface area contributed by atoms with E-state index in [0.29, 0.717) is 0 Å². The summed E-state index contributed by atoms with van der Waals surface area (Å²) in [6, 6.07) is 2.08. The van der Waals surface area contributed by atoms with E-state index in [1.165, 1.54) is 36.8 Å². The molecule has 0 spiro atoms. The lowest BCUT2D eigenvalue weighted by Crippen LogP contribution is -1.92. The zero-order chi connectivity index (χ0) is 9.10. The number of allylic oxidation sites excluding steroid dienone is 2. The van der Waals surface area contributed by atoms with Crippen molar-refractivity contribution < 1.29 is 0 Å². The van der Waals surface area contributed by atoms with Gasteiger partial charge >= 0.3 is 0 Å². The van der Waals surface area contributed by atoms with Crippen LogP contribution in [0.15, 0.2) is 29.0 Å². The summed E-state index contributed by atoms with van der Waals surface area (Å²) in [5.41, 5.74) is 2.79. The molecule has 0 aromatic carbocycles. The molecule has 0 aliphatic heterocycles. The summed E-state index contributed by atoms with van der Waals surface area (Å²) in [5, 5.41) is 0. The minimum Gasteiger partial charge on any atom is -0.264 e. The lowest BCUT2D eigenvalue weighted by atomic mass is 9.94. The predicted molar refractivity (Wildman–Crippen MR) is 58.4 cm³/mol. The fourth-order valence-electron chi connectivity index (χ4n) is 1.72. The molecule has 0 fully saturated rings. The van der Waals surface area contributed by atoms with Gasteiger partial charge in [0.1, 0.15) is 0 Å². The molecule has 1 aliphatic rings. The van der Waals surface area contributed by atoms with Crippen LogP contribution in [0, 0.1) is 0 Å². The van der Waals surface area contributed by atoms with Crippen LogP contribution in [0.25, 0.3) is 5.57 Å². The van der Waals surface area contributed by atoms with Gasteiger partial charge in [0.15, 0.2) is 0 Å². The molecule has 1 aromatic rings. The molecule has 2 heteroatoms. The second kappa shape index (κ2) is 4.05. The van der Waals surface area contributed by atoms with Crippen molar-refractivity contribution >= 4 is 21.5 Å². The number of hydrogen-bond donors (Lipinski definition) is 0. The Labute approximate surface area is 87.0 Å². The minimum atomic E-state index is 1.11. The highest BCUT2D eigenvalue weighted by molar-refractivity contribution is 9.10. The van der Waals surface area contributed by atoms with Crippen molar-refractivity contribution in [3.63, 3.8) is 0 Å². The van der Waals surface area contributed by atoms with Crippen molar-refractivity contribution in [3.05, 3.63) is 34.6 Å². The van der Waals surface area contributed by atoms with Crippen molar-refractivity contribution in [1.29, 1.82) is 0 Å². The molecule has 1 aromatic heterocycles. The summed E-state index contributed by atoms with van der Waals surface area (Å²) in [4.78, 5) is 4.07. The Morgan fingerprint density at radius 2 is 2.23 bits per heavy atom. The number of rotatable bonds is 1. The maximum absolute atomic E-state index is 4.07. The maximum Gasteiger partial charge on any atom is 0.0433 e. The summed E-state index contributed by atoms with van der Waals surface area (Å²) >= 11 is 3.53. The predicted octanol–water partition coefficient (Wildman–Crippen LogP) is 3.80. The molecule has 0 saturated heterocycles. The second-order valence-electron chi connectivity index (χ2n) is 3.33. The monoisotopic (exact) mass is 237 g/mol. The fourth-order valence-corrected chi connectivity index (χ4v) is 2.22. The smallest absolute Gasteiger partial charge is 0.0433 e. The van der Waals surface area contributed by atoms with Crippen LogP contribution in [0.3, 0.4) is 0 Å². The Morgan fingerprint density at radius 1 is 1.31 bits per heavy atom. The molecular formula is C11H12BrN. The molecule has 0 saturated carbocycles. The van der Waals surface area contributed by atoms with Crippen LogP contribution in [0.4, 0.5) is 0 Å². The minimum absolute atomic E-state index is 1.11. The van der Waals surface area contributed by atoms with Crippen LogP contribution in [-0.2, 0) is 0 Å². The van der Waals surface area contributed by atoms with Crippen LogP contribution in [0.5, 0.6) is 0 Å². The molecule has 0 atom stereocenters. The Kier molecular flexibility index (Phi) is 2.79. The second-order valence-corrected chi connectivity index (χ2v) is 4.19. The van der Waals surface area contributed by atoms with Crippen molar-refractivity contribution in [2.24, 2.45) is 0 Å². The Balaban J connectivity index is 2.34. The third-order valence-corrected chi connectivity index (χ3v) is 3.04. The summed E-state index contributed by atoms with van der Waals surface area (Å²) in [6.45, 7) is 0. The van der Waals surface area contributed by atoms with E-state index in [-0.39, 0.29) is 0 Å². The van der Waals surface area contributed by atoms with Gasteiger partial charge in [-0.25, -0.2) is 0 Å². The molecule has 0 N–H and O–H groups in total. The van der Waals surface area contributed by atoms with E-state index in [4.69, 9.17) is 0 Å². The van der Waals surface area contributed by atoms with E-state index in [1.54, 1.807) is 0 Å². The van der Waals surface area contributed by atoms with Crippen molar-refractivity contribution in [2.45, 2.75) is 25.7 Å². The van der Waals surface area contributed by atoms with E-state index in [1.807, 2.05) is 12.4 Å². The first-order chi connectivity index (χ1) is 6.38. The van der Waals surface area contributed by atoms with Gasteiger partial charge in [0, 0.05) is 16.9 Å². The normalized spacial score (nSPS) is 16.8. The van der Waals surface area contributed by atoms with Gasteiger partial charge in [0.2, 0.25) is 0 Å². The summed E-state index contributed by atoms with van der Waals surface area (Å²) in [7, 11) is 0. The zero-order valence-corrected chi connectivity index (χ0v) is 9.05. The highest BCUT2D eigenvalue weighted by Crippen LogP contribution is 2.30. The molecule has 13 heavy (non-hydrogen) atoms. The molecule has 0 radical (unpaired) electrons. The van der Waals surface area contributed by atoms with Gasteiger partial charge < -0.3 is 0 Å². The number of aromatic nitrogens is 1. The lowest BCUT2D eigenvalue weighted by molar-refractivity contribution is 0.741. The van der Waals surface area contributed by atoms with E-state index in [9.17, 15) is 0 Å². The van der Waals surface area contributed by atoms with Crippen LogP contribution in [0.2, 0.25) is 0 Å². The Morgan fingerprint density at radius 3 is 2.92 bits per heavy atom. The van der Waals surface area contributed by atoms with Crippen LogP contribution in [-0.4, -0.2) is 4.98 Å². The van der Waals surface area contributed by atoms with Gasteiger partial charge in [-0.15, -0.1) is 0 Å². The topological polar surface area (TPSA) is 12.9 Å². The summed E-state index contributed by atoms with van der Waals surface area (Å²) in [6.07, 6.45) is 11.2. The van der Waals surface area contributed by atoms with Gasteiger partial charge in [0.05, 0.1) is 0 Å². The Bertz CT molecular complexity index is 331. The van der Waals surface area contributed by atoms with Gasteiger partial charge in [-0.2, -0.15) is 0 Å². The molecule has 0 unspecified atom stereocenters. The van der Waals surface area contributed by atoms with E-state index in [0.717, 1.165) is 4.47 Å². The highest BCUT2D eigenvalue weighted by atomic mass is 79.9. The van der Waals surface area contributed by atoms with Gasteiger partial charge in [-0.1, -0.05) is 6.08 Å². The molecule has 0 bridgehead atoms. The zero-order valence-electron chi connectivity index (χ0n) is 7.46. The molecule has 0 amide bonds. The van der Waals surface area contributed by atoms with Gasteiger partial charge in [-0.05, 0) is 58.8 Å². The van der Waals surface area contributed by atoms with Crippen LogP contribution < -0.4 is 0 Å². The first-order valence-electron chi connectivity index (χ1n) is 4.67. The highest BCUT2D eigenvalue weighted by Gasteiger charge is 2.08. The average Bonchev–Trinajstić information content (AvgIpc) is 2.20. The number of pyridine rings is 1. The number of nitrogens with zero attached hydrogens (tertiary/aromatic N) is 1. The molecule has 1 aliphatic carbocycles. The molecule has 2 rings (SSSR count). The molecular weight excluding hydrogens is 226 g/mol. The number of hydrogen-bond acceptors (Lipinski definition) is 1. The van der Waals surface area contributed by atoms with Crippen LogP contribution >= 0.6 is 15.9 Å². The third kappa shape index (κ3) is 1.99. The standard InChI is InChI=1S/C11H12BrN/c12-11-8-13-7-6-10(11)9-4-2-1-3-5-9/h4,6-8H,1-3,5H2. The lowest BCUT2D eigenvalue weighted by Gasteiger charge is -2.13. The van der Waals surface area contributed by atoms with Crippen molar-refractivity contribution in [1.82, 2.24) is 4.98 Å². The first-order valence-corrected chi connectivity index (χ1v) is 5.46. The Hall–Kier alpha value is -0.630. The van der Waals surface area contributed by atoms with E-state index in [2.05, 4.69) is 33.1 Å². The van der Waals surface area contributed by atoms with Crippen molar-refractivity contribution in [2.75, 3.05) is 0 Å². The SMILES string of the molecule is Brc1cnccc1C1=CCCCC1.